The zero-order valence-corrected chi connectivity index (χ0v) is 21.3. The number of nitrogens with zero attached hydrogens (tertiary/aromatic N) is 2. The Morgan fingerprint density at radius 2 is 1.33 bits per heavy atom. The SMILES string of the molecule is CC(=O)SC1CCN(C(c2ccccc2)(c2ccccc2)c2ccccc2)C/C1=C/c1ccncc1. The van der Waals surface area contributed by atoms with Crippen molar-refractivity contribution in [3.8, 4) is 0 Å². The summed E-state index contributed by atoms with van der Waals surface area (Å²) in [5.74, 6) is 0. The summed E-state index contributed by atoms with van der Waals surface area (Å²) in [7, 11) is 0. The van der Waals surface area contributed by atoms with Crippen molar-refractivity contribution in [1.82, 2.24) is 9.88 Å². The molecule has 180 valence electrons. The Morgan fingerprint density at radius 3 is 1.81 bits per heavy atom. The monoisotopic (exact) mass is 490 g/mol. The number of piperidine rings is 1. The molecule has 0 aliphatic carbocycles. The van der Waals surface area contributed by atoms with Gasteiger partial charge in [-0.2, -0.15) is 0 Å². The fourth-order valence-electron chi connectivity index (χ4n) is 5.38. The molecule has 4 heteroatoms. The number of hydrogen-bond acceptors (Lipinski definition) is 4. The number of pyridine rings is 1. The Kier molecular flexibility index (Phi) is 7.45. The van der Waals surface area contributed by atoms with E-state index in [4.69, 9.17) is 0 Å². The highest BCUT2D eigenvalue weighted by molar-refractivity contribution is 8.14. The van der Waals surface area contributed by atoms with Gasteiger partial charge in [-0.25, -0.2) is 0 Å². The first-order valence-electron chi connectivity index (χ1n) is 12.4. The summed E-state index contributed by atoms with van der Waals surface area (Å²) in [5.41, 5.74) is 5.63. The second-order valence-electron chi connectivity index (χ2n) is 9.12. The van der Waals surface area contributed by atoms with E-state index < -0.39 is 5.54 Å². The van der Waals surface area contributed by atoms with Crippen LogP contribution in [0.4, 0.5) is 0 Å². The molecule has 1 saturated heterocycles. The van der Waals surface area contributed by atoms with Crippen molar-refractivity contribution < 1.29 is 4.79 Å². The first-order valence-corrected chi connectivity index (χ1v) is 13.2. The van der Waals surface area contributed by atoms with E-state index >= 15 is 0 Å². The summed E-state index contributed by atoms with van der Waals surface area (Å²) < 4.78 is 0. The molecule has 0 bridgehead atoms. The second-order valence-corrected chi connectivity index (χ2v) is 10.5. The van der Waals surface area contributed by atoms with Crippen molar-refractivity contribution in [2.75, 3.05) is 13.1 Å². The molecular weight excluding hydrogens is 460 g/mol. The smallest absolute Gasteiger partial charge is 0.186 e. The Morgan fingerprint density at radius 1 is 0.833 bits per heavy atom. The van der Waals surface area contributed by atoms with Gasteiger partial charge < -0.3 is 0 Å². The van der Waals surface area contributed by atoms with Crippen molar-refractivity contribution in [3.05, 3.63) is 143 Å². The summed E-state index contributed by atoms with van der Waals surface area (Å²) in [4.78, 5) is 18.9. The van der Waals surface area contributed by atoms with Gasteiger partial charge in [0.15, 0.2) is 5.12 Å². The summed E-state index contributed by atoms with van der Waals surface area (Å²) in [6.07, 6.45) is 6.79. The highest BCUT2D eigenvalue weighted by Crippen LogP contribution is 2.45. The first kappa shape index (κ1) is 24.2. The van der Waals surface area contributed by atoms with Gasteiger partial charge in [0, 0.05) is 37.7 Å². The normalized spacial score (nSPS) is 17.7. The number of hydrogen-bond donors (Lipinski definition) is 0. The number of rotatable bonds is 6. The zero-order chi connectivity index (χ0) is 24.8. The van der Waals surface area contributed by atoms with E-state index in [-0.39, 0.29) is 10.4 Å². The van der Waals surface area contributed by atoms with Gasteiger partial charge >= 0.3 is 0 Å². The molecule has 0 spiro atoms. The minimum atomic E-state index is -0.465. The average Bonchev–Trinajstić information content (AvgIpc) is 2.93. The molecule has 0 amide bonds. The Hall–Kier alpha value is -3.47. The van der Waals surface area contributed by atoms with Gasteiger partial charge in [0.1, 0.15) is 0 Å². The molecule has 0 N–H and O–H groups in total. The largest absolute Gasteiger partial charge is 0.288 e. The lowest BCUT2D eigenvalue weighted by atomic mass is 9.74. The van der Waals surface area contributed by atoms with E-state index in [9.17, 15) is 4.79 Å². The van der Waals surface area contributed by atoms with Crippen LogP contribution < -0.4 is 0 Å². The highest BCUT2D eigenvalue weighted by atomic mass is 32.2. The van der Waals surface area contributed by atoms with Crippen LogP contribution in [0, 0.1) is 0 Å². The van der Waals surface area contributed by atoms with E-state index in [1.807, 2.05) is 24.5 Å². The Bertz CT molecular complexity index is 1210. The second kappa shape index (κ2) is 11.1. The number of carbonyl (C=O) groups is 1. The Labute approximate surface area is 217 Å². The molecule has 0 radical (unpaired) electrons. The molecular formula is C32H30N2OS. The van der Waals surface area contributed by atoms with Crippen molar-refractivity contribution >= 4 is 23.0 Å². The van der Waals surface area contributed by atoms with Crippen molar-refractivity contribution in [2.24, 2.45) is 0 Å². The van der Waals surface area contributed by atoms with E-state index in [1.54, 1.807) is 6.92 Å². The lowest BCUT2D eigenvalue weighted by Crippen LogP contribution is -2.52. The van der Waals surface area contributed by atoms with Gasteiger partial charge in [0.05, 0.1) is 5.54 Å². The molecule has 1 unspecified atom stereocenters. The molecule has 1 aliphatic rings. The lowest BCUT2D eigenvalue weighted by Gasteiger charge is -2.49. The van der Waals surface area contributed by atoms with E-state index in [0.717, 1.165) is 25.1 Å². The number of aromatic nitrogens is 1. The van der Waals surface area contributed by atoms with Crippen LogP contribution in [0.25, 0.3) is 6.08 Å². The molecule has 1 aromatic heterocycles. The fourth-order valence-corrected chi connectivity index (χ4v) is 6.30. The molecule has 3 nitrogen and oxygen atoms in total. The maximum absolute atomic E-state index is 12.2. The predicted molar refractivity (Wildman–Crippen MR) is 150 cm³/mol. The predicted octanol–water partition coefficient (Wildman–Crippen LogP) is 6.81. The van der Waals surface area contributed by atoms with Crippen molar-refractivity contribution in [2.45, 2.75) is 24.1 Å². The fraction of sp³-hybridized carbons (Fsp3) is 0.188. The molecule has 4 aromatic rings. The minimum Gasteiger partial charge on any atom is -0.288 e. The maximum Gasteiger partial charge on any atom is 0.186 e. The molecule has 0 saturated carbocycles. The maximum atomic E-state index is 12.2. The lowest BCUT2D eigenvalue weighted by molar-refractivity contribution is -0.109. The zero-order valence-electron chi connectivity index (χ0n) is 20.5. The number of benzene rings is 3. The first-order chi connectivity index (χ1) is 17.7. The topological polar surface area (TPSA) is 33.2 Å². The van der Waals surface area contributed by atoms with Crippen LogP contribution in [0.1, 0.15) is 35.6 Å². The van der Waals surface area contributed by atoms with Gasteiger partial charge in [0.2, 0.25) is 0 Å². The van der Waals surface area contributed by atoms with E-state index in [2.05, 4.69) is 107 Å². The van der Waals surface area contributed by atoms with Gasteiger partial charge in [-0.1, -0.05) is 109 Å². The van der Waals surface area contributed by atoms with Crippen LogP contribution in [0.3, 0.4) is 0 Å². The molecule has 1 fully saturated rings. The number of likely N-dealkylation sites (tertiary alicyclic amines) is 1. The number of thioether (sulfide) groups is 1. The van der Waals surface area contributed by atoms with Crippen LogP contribution in [0.5, 0.6) is 0 Å². The van der Waals surface area contributed by atoms with E-state index in [1.165, 1.54) is 34.0 Å². The third-order valence-corrected chi connectivity index (χ3v) is 8.02. The third kappa shape index (κ3) is 4.92. The highest BCUT2D eigenvalue weighted by Gasteiger charge is 2.44. The van der Waals surface area contributed by atoms with Crippen LogP contribution >= 0.6 is 11.8 Å². The Balaban J connectivity index is 1.69. The van der Waals surface area contributed by atoms with Crippen LogP contribution in [0.15, 0.2) is 121 Å². The summed E-state index contributed by atoms with van der Waals surface area (Å²) in [6.45, 7) is 3.30. The van der Waals surface area contributed by atoms with Gasteiger partial charge in [0.25, 0.3) is 0 Å². The average molecular weight is 491 g/mol. The van der Waals surface area contributed by atoms with E-state index in [0.29, 0.717) is 0 Å². The summed E-state index contributed by atoms with van der Waals surface area (Å²) >= 11 is 1.45. The molecule has 3 aromatic carbocycles. The third-order valence-electron chi connectivity index (χ3n) is 6.86. The van der Waals surface area contributed by atoms with Crippen LogP contribution in [0.2, 0.25) is 0 Å². The molecule has 1 aliphatic heterocycles. The van der Waals surface area contributed by atoms with Gasteiger partial charge in [-0.3, -0.25) is 14.7 Å². The quantitative estimate of drug-likeness (QED) is 0.278. The summed E-state index contributed by atoms with van der Waals surface area (Å²) in [5, 5.41) is 0.321. The van der Waals surface area contributed by atoms with Gasteiger partial charge in [-0.15, -0.1) is 0 Å². The number of carbonyl (C=O) groups excluding carboxylic acids is 1. The van der Waals surface area contributed by atoms with Crippen molar-refractivity contribution in [1.29, 1.82) is 0 Å². The van der Waals surface area contributed by atoms with Crippen LogP contribution in [-0.4, -0.2) is 33.3 Å². The van der Waals surface area contributed by atoms with Gasteiger partial charge in [-0.05, 0) is 46.4 Å². The minimum absolute atomic E-state index is 0.159. The molecule has 36 heavy (non-hydrogen) atoms. The van der Waals surface area contributed by atoms with Crippen molar-refractivity contribution in [3.63, 3.8) is 0 Å². The summed E-state index contributed by atoms with van der Waals surface area (Å²) in [6, 6.07) is 36.5. The molecule has 5 rings (SSSR count). The standard InChI is InChI=1S/C32H30N2OS/c1-25(35)36-31-19-22-34(24-27(31)23-26-17-20-33-21-18-26)32(28-11-5-2-6-12-28,29-13-7-3-8-14-29)30-15-9-4-10-16-30/h2-18,20-21,23,31H,19,22,24H2,1H3/b27-23-. The molecule has 1 atom stereocenters. The van der Waals surface area contributed by atoms with Crippen LogP contribution in [-0.2, 0) is 10.3 Å². The molecule has 2 heterocycles.